The predicted octanol–water partition coefficient (Wildman–Crippen LogP) is 2.78. The van der Waals surface area contributed by atoms with Gasteiger partial charge in [-0.15, -0.1) is 0 Å². The third kappa shape index (κ3) is 8.00. The first-order valence-electron chi connectivity index (χ1n) is 15.6. The lowest BCUT2D eigenvalue weighted by molar-refractivity contribution is -0.183. The van der Waals surface area contributed by atoms with E-state index in [-0.39, 0.29) is 29.5 Å². The molecular formula is C31H43N5O8. The van der Waals surface area contributed by atoms with Crippen molar-refractivity contribution in [1.29, 1.82) is 0 Å². The van der Waals surface area contributed by atoms with Crippen LogP contribution in [0.1, 0.15) is 76.3 Å². The van der Waals surface area contributed by atoms with Gasteiger partial charge in [-0.1, -0.05) is 0 Å². The molecule has 240 valence electrons. The number of nitrogens with zero attached hydrogens (tertiary/aromatic N) is 3. The van der Waals surface area contributed by atoms with E-state index in [0.717, 1.165) is 62.8 Å². The summed E-state index contributed by atoms with van der Waals surface area (Å²) in [6.07, 6.45) is 11.8. The van der Waals surface area contributed by atoms with Crippen molar-refractivity contribution >= 4 is 23.6 Å². The zero-order chi connectivity index (χ0) is 31.0. The number of aromatic amines is 1. The predicted molar refractivity (Wildman–Crippen MR) is 160 cm³/mol. The van der Waals surface area contributed by atoms with Crippen molar-refractivity contribution in [3.05, 3.63) is 46.2 Å². The molecule has 44 heavy (non-hydrogen) atoms. The van der Waals surface area contributed by atoms with E-state index in [0.29, 0.717) is 51.1 Å². The number of fused-ring (bicyclic) bond motifs is 1. The van der Waals surface area contributed by atoms with Gasteiger partial charge in [0.25, 0.3) is 5.56 Å². The zero-order valence-corrected chi connectivity index (χ0v) is 25.3. The van der Waals surface area contributed by atoms with E-state index in [2.05, 4.69) is 15.1 Å². The number of rotatable bonds is 5. The summed E-state index contributed by atoms with van der Waals surface area (Å²) in [7, 11) is 0. The molecule has 2 spiro atoms. The van der Waals surface area contributed by atoms with Gasteiger partial charge in [0.1, 0.15) is 12.2 Å². The van der Waals surface area contributed by atoms with Gasteiger partial charge in [-0.2, -0.15) is 0 Å². The molecule has 7 rings (SSSR count). The first-order chi connectivity index (χ1) is 21.3. The number of aromatic nitrogens is 3. The van der Waals surface area contributed by atoms with Crippen molar-refractivity contribution in [3.8, 4) is 0 Å². The molecular weight excluding hydrogens is 570 g/mol. The van der Waals surface area contributed by atoms with Crippen molar-refractivity contribution in [2.75, 3.05) is 39.6 Å². The summed E-state index contributed by atoms with van der Waals surface area (Å²) in [5.74, 6) is -0.962. The van der Waals surface area contributed by atoms with Crippen molar-refractivity contribution in [2.24, 2.45) is 16.6 Å². The molecule has 2 saturated carbocycles. The van der Waals surface area contributed by atoms with Gasteiger partial charge in [-0.25, -0.2) is 9.50 Å². The van der Waals surface area contributed by atoms with Crippen LogP contribution in [0.3, 0.4) is 0 Å². The van der Waals surface area contributed by atoms with Gasteiger partial charge in [0.2, 0.25) is 0 Å². The Morgan fingerprint density at radius 3 is 2.16 bits per heavy atom. The Kier molecular flexibility index (Phi) is 10.6. The Balaban J connectivity index is 0.000000148. The Labute approximate surface area is 256 Å². The number of allylic oxidation sites excluding steroid dienone is 1. The number of ketones is 1. The number of esters is 1. The van der Waals surface area contributed by atoms with E-state index in [1.807, 2.05) is 6.07 Å². The number of Topliss-reactive ketones (excluding diaryl/α,β-unsaturated/α-hetero) is 1. The van der Waals surface area contributed by atoms with Crippen LogP contribution in [0.15, 0.2) is 39.9 Å². The molecule has 0 aromatic carbocycles. The van der Waals surface area contributed by atoms with Crippen molar-refractivity contribution in [3.63, 3.8) is 0 Å². The minimum atomic E-state index is -0.444. The Hall–Kier alpha value is -3.39. The maximum Gasteiger partial charge on any atom is 0.313 e. The molecule has 0 atom stereocenters. The molecule has 0 bridgehead atoms. The fourth-order valence-corrected chi connectivity index (χ4v) is 6.32. The number of hydrogen-bond acceptors (Lipinski definition) is 11. The van der Waals surface area contributed by atoms with Crippen LogP contribution in [0, 0.1) is 5.92 Å². The summed E-state index contributed by atoms with van der Waals surface area (Å²) < 4.78 is 28.9. The fraction of sp³-hybridized carbons (Fsp3) is 0.645. The van der Waals surface area contributed by atoms with E-state index in [4.69, 9.17) is 29.4 Å². The SMILES string of the molecule is CCOC(=O)CC(=O)C1CCC2(CC1)OCCO2.NC1=CC=NC1.O=c1cc(C2CCC3(CC2)OCCO3)nc2cc[nH]n12. The monoisotopic (exact) mass is 613 g/mol. The molecule has 3 N–H and O–H groups in total. The number of nitrogens with one attached hydrogen (secondary N) is 1. The minimum absolute atomic E-state index is 0.0127. The summed E-state index contributed by atoms with van der Waals surface area (Å²) in [4.78, 5) is 43.6. The quantitative estimate of drug-likeness (QED) is 0.378. The average molecular weight is 614 g/mol. The molecule has 0 radical (unpaired) electrons. The lowest BCUT2D eigenvalue weighted by atomic mass is 9.82. The van der Waals surface area contributed by atoms with Crippen molar-refractivity contribution in [1.82, 2.24) is 14.6 Å². The molecule has 2 saturated heterocycles. The maximum absolute atomic E-state index is 12.0. The summed E-state index contributed by atoms with van der Waals surface area (Å²) in [5, 5.41) is 2.86. The molecule has 2 aliphatic carbocycles. The van der Waals surface area contributed by atoms with Crippen molar-refractivity contribution in [2.45, 2.75) is 82.2 Å². The molecule has 13 heteroatoms. The second-order valence-corrected chi connectivity index (χ2v) is 11.6. The Bertz CT molecular complexity index is 1380. The summed E-state index contributed by atoms with van der Waals surface area (Å²) in [6, 6.07) is 3.46. The van der Waals surface area contributed by atoms with Gasteiger partial charge in [0, 0.05) is 67.8 Å². The van der Waals surface area contributed by atoms with Crippen LogP contribution < -0.4 is 11.3 Å². The van der Waals surface area contributed by atoms with Crippen LogP contribution in [0.5, 0.6) is 0 Å². The van der Waals surface area contributed by atoms with E-state index >= 15 is 0 Å². The number of nitrogens with two attached hydrogens (primary N) is 1. The smallest absolute Gasteiger partial charge is 0.313 e. The standard InChI is InChI=1S/C14H17N3O3.C13H20O5.C4H6N2/c18-13-9-11(16-12-3-6-15-17(12)13)10-1-4-14(5-2-10)19-7-8-20-14;1-2-16-12(15)9-11(14)10-3-5-13(6-4-10)17-7-8-18-13;5-4-1-2-6-3-4/h3,6,9-10,15H,1-2,4-5,7-8H2;10H,2-9H2,1H3;1-2H,3,5H2. The zero-order valence-electron chi connectivity index (χ0n) is 25.3. The second kappa shape index (κ2) is 14.6. The maximum atomic E-state index is 12.0. The van der Waals surface area contributed by atoms with Crippen LogP contribution in [0.25, 0.3) is 5.65 Å². The third-order valence-corrected chi connectivity index (χ3v) is 8.69. The van der Waals surface area contributed by atoms with Crippen LogP contribution in [-0.2, 0) is 33.3 Å². The number of carbonyl (C=O) groups is 2. The Morgan fingerprint density at radius 1 is 1.02 bits per heavy atom. The first kappa shape index (κ1) is 32.0. The van der Waals surface area contributed by atoms with Crippen LogP contribution >= 0.6 is 0 Å². The minimum Gasteiger partial charge on any atom is -0.466 e. The van der Waals surface area contributed by atoms with E-state index in [1.165, 1.54) is 4.52 Å². The van der Waals surface area contributed by atoms with E-state index in [9.17, 15) is 14.4 Å². The third-order valence-electron chi connectivity index (χ3n) is 8.69. The molecule has 2 aromatic heterocycles. The first-order valence-corrected chi connectivity index (χ1v) is 15.6. The average Bonchev–Trinajstić information content (AvgIpc) is 3.85. The molecule has 0 unspecified atom stereocenters. The molecule has 13 nitrogen and oxygen atoms in total. The highest BCUT2D eigenvalue weighted by Crippen LogP contribution is 2.42. The molecule has 5 aliphatic rings. The molecule has 5 heterocycles. The topological polar surface area (TPSA) is 169 Å². The highest BCUT2D eigenvalue weighted by atomic mass is 16.7. The largest absolute Gasteiger partial charge is 0.466 e. The normalized spacial score (nSPS) is 23.6. The molecule has 2 aromatic rings. The molecule has 4 fully saturated rings. The fourth-order valence-electron chi connectivity index (χ4n) is 6.32. The van der Waals surface area contributed by atoms with Gasteiger partial charge in [0.05, 0.1) is 45.3 Å². The van der Waals surface area contributed by atoms with Gasteiger partial charge >= 0.3 is 5.97 Å². The number of ether oxygens (including phenoxy) is 5. The lowest BCUT2D eigenvalue weighted by Gasteiger charge is -2.35. The van der Waals surface area contributed by atoms with Gasteiger partial charge < -0.3 is 29.4 Å². The number of H-pyrrole nitrogens is 1. The number of aliphatic imine (C=N–C) groups is 1. The summed E-state index contributed by atoms with van der Waals surface area (Å²) in [5.41, 5.74) is 7.65. The van der Waals surface area contributed by atoms with E-state index in [1.54, 1.807) is 31.5 Å². The highest BCUT2D eigenvalue weighted by Gasteiger charge is 2.42. The summed E-state index contributed by atoms with van der Waals surface area (Å²) >= 11 is 0. The van der Waals surface area contributed by atoms with Crippen LogP contribution in [-0.4, -0.2) is 83.7 Å². The van der Waals surface area contributed by atoms with Crippen LogP contribution in [0.2, 0.25) is 0 Å². The van der Waals surface area contributed by atoms with Gasteiger partial charge in [-0.05, 0) is 38.7 Å². The Morgan fingerprint density at radius 2 is 1.64 bits per heavy atom. The lowest BCUT2D eigenvalue weighted by Crippen LogP contribution is -2.37. The summed E-state index contributed by atoms with van der Waals surface area (Å²) in [6.45, 7) is 5.42. The highest BCUT2D eigenvalue weighted by molar-refractivity contribution is 5.96. The second-order valence-electron chi connectivity index (χ2n) is 11.6. The van der Waals surface area contributed by atoms with Gasteiger partial charge in [0.15, 0.2) is 17.2 Å². The van der Waals surface area contributed by atoms with E-state index < -0.39 is 11.8 Å². The van der Waals surface area contributed by atoms with Crippen LogP contribution in [0.4, 0.5) is 0 Å². The number of hydrogen-bond donors (Lipinski definition) is 2. The molecule has 0 amide bonds. The van der Waals surface area contributed by atoms with Crippen molar-refractivity contribution < 1.29 is 33.3 Å². The number of carbonyl (C=O) groups excluding carboxylic acids is 2. The molecule has 3 aliphatic heterocycles. The van der Waals surface area contributed by atoms with Gasteiger partial charge in [-0.3, -0.25) is 24.5 Å².